The molecule has 0 bridgehead atoms. The van der Waals surface area contributed by atoms with E-state index in [1.807, 2.05) is 25.1 Å². The predicted molar refractivity (Wildman–Crippen MR) is 116 cm³/mol. The Morgan fingerprint density at radius 1 is 1.27 bits per heavy atom. The van der Waals surface area contributed by atoms with Crippen LogP contribution in [0.4, 0.5) is 5.69 Å². The van der Waals surface area contributed by atoms with Crippen molar-refractivity contribution in [2.45, 2.75) is 27.7 Å². The van der Waals surface area contributed by atoms with Crippen molar-refractivity contribution in [2.24, 2.45) is 0 Å². The number of carboxylic acids is 1. The summed E-state index contributed by atoms with van der Waals surface area (Å²) < 4.78 is 6.23. The van der Waals surface area contributed by atoms with Gasteiger partial charge in [-0.2, -0.15) is 0 Å². The van der Waals surface area contributed by atoms with Gasteiger partial charge in [-0.1, -0.05) is 30.1 Å². The zero-order valence-electron chi connectivity index (χ0n) is 17.6. The van der Waals surface area contributed by atoms with Gasteiger partial charge in [0.05, 0.1) is 23.1 Å². The molecular weight excluding hydrogens is 431 g/mol. The quantitative estimate of drug-likeness (QED) is 0.348. The Bertz CT molecular complexity index is 1000. The fourth-order valence-electron chi connectivity index (χ4n) is 3.03. The van der Waals surface area contributed by atoms with Crippen molar-refractivity contribution in [1.82, 2.24) is 4.90 Å². The number of benzene rings is 1. The van der Waals surface area contributed by atoms with E-state index in [9.17, 15) is 14.7 Å². The number of aryl methyl sites for hydroxylation is 2. The number of hydrogen-bond acceptors (Lipinski definition) is 7. The van der Waals surface area contributed by atoms with E-state index in [1.165, 1.54) is 11.1 Å². The van der Waals surface area contributed by atoms with Crippen LogP contribution in [0.3, 0.4) is 0 Å². The van der Waals surface area contributed by atoms with Gasteiger partial charge in [-0.05, 0) is 68.7 Å². The van der Waals surface area contributed by atoms with Crippen LogP contribution in [0.1, 0.15) is 25.0 Å². The van der Waals surface area contributed by atoms with Gasteiger partial charge in [0.25, 0.3) is 5.91 Å². The number of hydrogen-bond donors (Lipinski definition) is 0. The molecule has 1 amide bonds. The first-order valence-corrected chi connectivity index (χ1v) is 10.3. The number of rotatable bonds is 5. The van der Waals surface area contributed by atoms with E-state index in [2.05, 4.69) is 31.7 Å². The number of thioether (sulfide) groups is 1. The van der Waals surface area contributed by atoms with E-state index in [0.29, 0.717) is 10.8 Å². The van der Waals surface area contributed by atoms with Gasteiger partial charge in [-0.3, -0.25) is 9.69 Å². The van der Waals surface area contributed by atoms with Gasteiger partial charge < -0.3 is 19.5 Å². The van der Waals surface area contributed by atoms with E-state index in [4.69, 9.17) is 17.0 Å². The van der Waals surface area contributed by atoms with E-state index in [-0.39, 0.29) is 33.9 Å². The second kappa shape index (κ2) is 10.2. The molecule has 0 atom stereocenters. The third kappa shape index (κ3) is 5.18. The number of anilines is 1. The standard InChI is InChI=1S/C21H22N2O4S2.Na/c1-5-22-15-9-13(3)14(4)10-16(15)27-18(22)7-6-12(2)8-17-20(26)23(11-19(24)25)21(28)29-17;/h6-10H,5,11H2,1-4H3,(H,24,25);/q;+1/p-1/b12-6+,17-8+,18-7-;. The van der Waals surface area contributed by atoms with Gasteiger partial charge >= 0.3 is 29.6 Å². The number of carbonyl (C=O) groups excluding carboxylic acids is 2. The minimum atomic E-state index is -1.34. The largest absolute Gasteiger partial charge is 1.00 e. The summed E-state index contributed by atoms with van der Waals surface area (Å²) in [6.45, 7) is 8.26. The Kier molecular flexibility index (Phi) is 8.35. The van der Waals surface area contributed by atoms with Crippen molar-refractivity contribution < 1.29 is 49.0 Å². The SMILES string of the molecule is CCN1/C(=C/C=C(C)/C=C2/SC(=S)N(CC(=O)[O-])C2=O)Oc2cc(C)c(C)cc21.[Na+]. The smallest absolute Gasteiger partial charge is 0.548 e. The summed E-state index contributed by atoms with van der Waals surface area (Å²) >= 11 is 6.17. The van der Waals surface area contributed by atoms with Crippen molar-refractivity contribution >= 4 is 45.9 Å². The van der Waals surface area contributed by atoms with Crippen LogP contribution in [0, 0.1) is 13.8 Å². The molecular formula is C21H21N2NaO4S2. The Morgan fingerprint density at radius 3 is 2.57 bits per heavy atom. The number of amides is 1. The molecule has 0 saturated carbocycles. The summed E-state index contributed by atoms with van der Waals surface area (Å²) in [7, 11) is 0. The van der Waals surface area contributed by atoms with Crippen molar-refractivity contribution in [1.29, 1.82) is 0 Å². The van der Waals surface area contributed by atoms with Gasteiger partial charge in [0.1, 0.15) is 4.32 Å². The van der Waals surface area contributed by atoms with Crippen LogP contribution in [-0.2, 0) is 9.59 Å². The third-order valence-corrected chi connectivity index (χ3v) is 6.05. The molecule has 1 saturated heterocycles. The minimum absolute atomic E-state index is 0. The topological polar surface area (TPSA) is 72.9 Å². The maximum absolute atomic E-state index is 12.3. The normalized spacial score (nSPS) is 18.7. The molecule has 0 aromatic heterocycles. The monoisotopic (exact) mass is 452 g/mol. The average molecular weight is 453 g/mol. The number of carboxylic acid groups (broad SMARTS) is 1. The number of fused-ring (bicyclic) bond motifs is 1. The second-order valence-electron chi connectivity index (χ2n) is 6.81. The van der Waals surface area contributed by atoms with Gasteiger partial charge in [0.2, 0.25) is 5.88 Å². The van der Waals surface area contributed by atoms with Crippen LogP contribution in [0.15, 0.2) is 46.7 Å². The van der Waals surface area contributed by atoms with Crippen molar-refractivity contribution in [3.63, 3.8) is 0 Å². The first-order valence-electron chi connectivity index (χ1n) is 9.11. The first kappa shape index (κ1) is 24.7. The summed E-state index contributed by atoms with van der Waals surface area (Å²) in [4.78, 5) is 26.6. The molecule has 1 aromatic rings. The molecule has 0 spiro atoms. The fraction of sp³-hybridized carbons (Fsp3) is 0.286. The Hall–Kier alpha value is -1.58. The summed E-state index contributed by atoms with van der Waals surface area (Å²) in [6, 6.07) is 4.15. The number of carbonyl (C=O) groups is 2. The van der Waals surface area contributed by atoms with Crippen molar-refractivity contribution in [3.05, 3.63) is 57.8 Å². The Balaban J connectivity index is 0.00000320. The maximum atomic E-state index is 12.3. The van der Waals surface area contributed by atoms with Gasteiger partial charge in [-0.25, -0.2) is 0 Å². The molecule has 152 valence electrons. The van der Waals surface area contributed by atoms with E-state index in [1.54, 1.807) is 6.08 Å². The molecule has 0 aliphatic carbocycles. The van der Waals surface area contributed by atoms with Crippen LogP contribution in [0.25, 0.3) is 0 Å². The van der Waals surface area contributed by atoms with E-state index < -0.39 is 18.4 Å². The van der Waals surface area contributed by atoms with Crippen LogP contribution in [0.2, 0.25) is 0 Å². The average Bonchev–Trinajstić information content (AvgIpc) is 3.11. The molecule has 1 aromatic carbocycles. The molecule has 2 heterocycles. The molecule has 0 N–H and O–H groups in total. The summed E-state index contributed by atoms with van der Waals surface area (Å²) in [6.07, 6.45) is 5.41. The molecule has 2 aliphatic rings. The molecule has 30 heavy (non-hydrogen) atoms. The summed E-state index contributed by atoms with van der Waals surface area (Å²) in [5.74, 6) is -0.224. The zero-order valence-corrected chi connectivity index (χ0v) is 21.3. The zero-order chi connectivity index (χ0) is 21.3. The first-order chi connectivity index (χ1) is 13.7. The van der Waals surface area contributed by atoms with Crippen molar-refractivity contribution in [2.75, 3.05) is 18.0 Å². The van der Waals surface area contributed by atoms with Crippen LogP contribution >= 0.6 is 24.0 Å². The summed E-state index contributed by atoms with van der Waals surface area (Å²) in [5, 5.41) is 10.8. The molecule has 0 unspecified atom stereocenters. The van der Waals surface area contributed by atoms with Crippen molar-refractivity contribution in [3.8, 4) is 5.75 Å². The maximum Gasteiger partial charge on any atom is 1.00 e. The second-order valence-corrected chi connectivity index (χ2v) is 8.48. The molecule has 3 rings (SSSR count). The van der Waals surface area contributed by atoms with Crippen LogP contribution in [-0.4, -0.2) is 34.2 Å². The van der Waals surface area contributed by atoms with Gasteiger partial charge in [-0.15, -0.1) is 0 Å². The van der Waals surface area contributed by atoms with Gasteiger partial charge in [0, 0.05) is 6.54 Å². The number of nitrogens with zero attached hydrogens (tertiary/aromatic N) is 2. The number of allylic oxidation sites excluding steroid dienone is 4. The minimum Gasteiger partial charge on any atom is -0.548 e. The molecule has 0 radical (unpaired) electrons. The number of aliphatic carboxylic acids is 1. The van der Waals surface area contributed by atoms with Gasteiger partial charge in [0.15, 0.2) is 5.75 Å². The molecule has 2 aliphatic heterocycles. The van der Waals surface area contributed by atoms with E-state index in [0.717, 1.165) is 40.2 Å². The van der Waals surface area contributed by atoms with Crippen LogP contribution in [0.5, 0.6) is 5.75 Å². The number of thiocarbonyl (C=S) groups is 1. The third-order valence-electron chi connectivity index (χ3n) is 4.67. The Labute approximate surface area is 207 Å². The van der Waals surface area contributed by atoms with Crippen LogP contribution < -0.4 is 44.3 Å². The molecule has 6 nitrogen and oxygen atoms in total. The predicted octanol–water partition coefficient (Wildman–Crippen LogP) is -0.192. The Morgan fingerprint density at radius 2 is 1.93 bits per heavy atom. The fourth-order valence-corrected chi connectivity index (χ4v) is 4.33. The summed E-state index contributed by atoms with van der Waals surface area (Å²) in [5.41, 5.74) is 4.23. The number of ether oxygens (including phenoxy) is 1. The molecule has 9 heteroatoms. The molecule has 1 fully saturated rings. The van der Waals surface area contributed by atoms with E-state index >= 15 is 0 Å².